The second-order valence-electron chi connectivity index (χ2n) is 3.97. The molecule has 0 spiro atoms. The normalized spacial score (nSPS) is 10.4. The van der Waals surface area contributed by atoms with Crippen molar-refractivity contribution in [3.05, 3.63) is 29.3 Å². The van der Waals surface area contributed by atoms with Gasteiger partial charge in [0.15, 0.2) is 0 Å². The van der Waals surface area contributed by atoms with Crippen LogP contribution in [0.2, 0.25) is 0 Å². The van der Waals surface area contributed by atoms with Crippen molar-refractivity contribution in [3.63, 3.8) is 0 Å². The number of hydrogen-bond donors (Lipinski definition) is 1. The smallest absolute Gasteiger partial charge is 0.338 e. The van der Waals surface area contributed by atoms with Crippen LogP contribution < -0.4 is 5.73 Å². The number of anilines is 1. The first-order chi connectivity index (χ1) is 9.16. The van der Waals surface area contributed by atoms with Gasteiger partial charge in [-0.05, 0) is 31.5 Å². The summed E-state index contributed by atoms with van der Waals surface area (Å²) in [6.45, 7) is 6.04. The Kier molecular flexibility index (Phi) is 6.92. The lowest BCUT2D eigenvalue weighted by molar-refractivity contribution is 0.0163. The van der Waals surface area contributed by atoms with E-state index in [-0.39, 0.29) is 12.6 Å². The number of esters is 1. The Labute approximate surface area is 113 Å². The van der Waals surface area contributed by atoms with Crippen molar-refractivity contribution < 1.29 is 19.0 Å². The van der Waals surface area contributed by atoms with E-state index >= 15 is 0 Å². The fourth-order valence-corrected chi connectivity index (χ4v) is 1.51. The van der Waals surface area contributed by atoms with Crippen molar-refractivity contribution in [2.75, 3.05) is 38.8 Å². The van der Waals surface area contributed by atoms with Gasteiger partial charge in [0.2, 0.25) is 0 Å². The summed E-state index contributed by atoms with van der Waals surface area (Å²) in [7, 11) is 0. The Morgan fingerprint density at radius 1 is 1.16 bits per heavy atom. The van der Waals surface area contributed by atoms with E-state index in [1.54, 1.807) is 25.1 Å². The quantitative estimate of drug-likeness (QED) is 0.441. The topological polar surface area (TPSA) is 70.8 Å². The fraction of sp³-hybridized carbons (Fsp3) is 0.500. The lowest BCUT2D eigenvalue weighted by atomic mass is 10.1. The van der Waals surface area contributed by atoms with Crippen LogP contribution in [0, 0.1) is 6.92 Å². The average Bonchev–Trinajstić information content (AvgIpc) is 2.40. The zero-order chi connectivity index (χ0) is 14.1. The molecule has 0 saturated carbocycles. The van der Waals surface area contributed by atoms with Crippen LogP contribution in [0.15, 0.2) is 18.2 Å². The van der Waals surface area contributed by atoms with Crippen LogP contribution >= 0.6 is 0 Å². The molecule has 0 fully saturated rings. The highest BCUT2D eigenvalue weighted by molar-refractivity contribution is 5.92. The Balaban J connectivity index is 2.26. The van der Waals surface area contributed by atoms with E-state index in [9.17, 15) is 4.79 Å². The highest BCUT2D eigenvalue weighted by atomic mass is 16.6. The lowest BCUT2D eigenvalue weighted by Gasteiger charge is -2.09. The molecule has 0 heterocycles. The van der Waals surface area contributed by atoms with Gasteiger partial charge in [-0.15, -0.1) is 0 Å². The molecule has 1 aromatic carbocycles. The molecule has 5 heteroatoms. The van der Waals surface area contributed by atoms with Gasteiger partial charge < -0.3 is 19.9 Å². The number of rotatable bonds is 8. The van der Waals surface area contributed by atoms with Crippen LogP contribution in [0.5, 0.6) is 0 Å². The Morgan fingerprint density at radius 2 is 1.84 bits per heavy atom. The summed E-state index contributed by atoms with van der Waals surface area (Å²) in [5.74, 6) is -0.377. The van der Waals surface area contributed by atoms with Gasteiger partial charge in [-0.1, -0.05) is 6.07 Å². The molecule has 0 amide bonds. The fourth-order valence-electron chi connectivity index (χ4n) is 1.51. The second kappa shape index (κ2) is 8.50. The molecule has 0 bridgehead atoms. The number of carbonyl (C=O) groups is 1. The molecule has 19 heavy (non-hydrogen) atoms. The minimum atomic E-state index is -0.377. The molecule has 0 radical (unpaired) electrons. The van der Waals surface area contributed by atoms with Crippen LogP contribution in [-0.4, -0.2) is 39.0 Å². The molecule has 0 saturated heterocycles. The van der Waals surface area contributed by atoms with Gasteiger partial charge in [0.1, 0.15) is 6.61 Å². The van der Waals surface area contributed by atoms with E-state index in [0.29, 0.717) is 37.7 Å². The minimum absolute atomic E-state index is 0.221. The van der Waals surface area contributed by atoms with Crippen LogP contribution in [0.4, 0.5) is 5.69 Å². The van der Waals surface area contributed by atoms with Gasteiger partial charge in [-0.25, -0.2) is 4.79 Å². The summed E-state index contributed by atoms with van der Waals surface area (Å²) in [5.41, 5.74) is 7.56. The first-order valence-corrected chi connectivity index (χ1v) is 6.34. The van der Waals surface area contributed by atoms with Crippen molar-refractivity contribution in [2.45, 2.75) is 13.8 Å². The maximum absolute atomic E-state index is 11.8. The van der Waals surface area contributed by atoms with Gasteiger partial charge in [0.05, 0.1) is 25.4 Å². The molecule has 5 nitrogen and oxygen atoms in total. The summed E-state index contributed by atoms with van der Waals surface area (Å²) in [5, 5.41) is 0. The zero-order valence-electron chi connectivity index (χ0n) is 11.5. The first-order valence-electron chi connectivity index (χ1n) is 6.34. The average molecular weight is 267 g/mol. The van der Waals surface area contributed by atoms with E-state index in [1.165, 1.54) is 0 Å². The molecule has 0 aromatic heterocycles. The maximum Gasteiger partial charge on any atom is 0.338 e. The van der Waals surface area contributed by atoms with E-state index in [0.717, 1.165) is 5.56 Å². The summed E-state index contributed by atoms with van der Waals surface area (Å²) >= 11 is 0. The van der Waals surface area contributed by atoms with Crippen molar-refractivity contribution in [2.24, 2.45) is 0 Å². The van der Waals surface area contributed by atoms with E-state index in [2.05, 4.69) is 0 Å². The lowest BCUT2D eigenvalue weighted by Crippen LogP contribution is -2.14. The van der Waals surface area contributed by atoms with Crippen molar-refractivity contribution >= 4 is 11.7 Å². The Bertz CT molecular complexity index is 406. The Hall–Kier alpha value is -1.59. The molecule has 1 aromatic rings. The summed E-state index contributed by atoms with van der Waals surface area (Å²) in [4.78, 5) is 11.8. The summed E-state index contributed by atoms with van der Waals surface area (Å²) in [6.07, 6.45) is 0. The number of ether oxygens (including phenoxy) is 3. The Morgan fingerprint density at radius 3 is 2.58 bits per heavy atom. The van der Waals surface area contributed by atoms with Gasteiger partial charge in [0, 0.05) is 12.3 Å². The molecule has 0 atom stereocenters. The van der Waals surface area contributed by atoms with Crippen molar-refractivity contribution in [1.82, 2.24) is 0 Å². The van der Waals surface area contributed by atoms with Gasteiger partial charge in [-0.3, -0.25) is 0 Å². The van der Waals surface area contributed by atoms with Crippen LogP contribution in [0.25, 0.3) is 0 Å². The summed E-state index contributed by atoms with van der Waals surface area (Å²) < 4.78 is 15.5. The zero-order valence-corrected chi connectivity index (χ0v) is 11.5. The van der Waals surface area contributed by atoms with E-state index in [4.69, 9.17) is 19.9 Å². The van der Waals surface area contributed by atoms with E-state index in [1.807, 2.05) is 6.92 Å². The maximum atomic E-state index is 11.8. The molecule has 1 rings (SSSR count). The van der Waals surface area contributed by atoms with Crippen molar-refractivity contribution in [3.8, 4) is 0 Å². The molecule has 0 aliphatic rings. The van der Waals surface area contributed by atoms with Gasteiger partial charge in [0.25, 0.3) is 0 Å². The standard InChI is InChI=1S/C14H21NO4/c1-3-17-7-8-18-9-10-19-14(16)12-5-4-6-13(15)11(12)2/h4-6H,3,7-10,15H2,1-2H3. The molecular formula is C14H21NO4. The third-order valence-corrected chi connectivity index (χ3v) is 2.63. The molecule has 0 aliphatic carbocycles. The third kappa shape index (κ3) is 5.28. The number of benzene rings is 1. The molecule has 2 N–H and O–H groups in total. The van der Waals surface area contributed by atoms with E-state index < -0.39 is 0 Å². The van der Waals surface area contributed by atoms with Gasteiger partial charge in [-0.2, -0.15) is 0 Å². The van der Waals surface area contributed by atoms with Crippen molar-refractivity contribution in [1.29, 1.82) is 0 Å². The van der Waals surface area contributed by atoms with Gasteiger partial charge >= 0.3 is 5.97 Å². The molecular weight excluding hydrogens is 246 g/mol. The summed E-state index contributed by atoms with van der Waals surface area (Å²) in [6, 6.07) is 5.18. The first kappa shape index (κ1) is 15.5. The highest BCUT2D eigenvalue weighted by Crippen LogP contribution is 2.16. The minimum Gasteiger partial charge on any atom is -0.460 e. The number of hydrogen-bond acceptors (Lipinski definition) is 5. The second-order valence-corrected chi connectivity index (χ2v) is 3.97. The number of nitrogen functional groups attached to an aromatic ring is 1. The monoisotopic (exact) mass is 267 g/mol. The SMILES string of the molecule is CCOCCOCCOC(=O)c1cccc(N)c1C. The number of carbonyl (C=O) groups excluding carboxylic acids is 1. The molecule has 0 aliphatic heterocycles. The highest BCUT2D eigenvalue weighted by Gasteiger charge is 2.11. The van der Waals surface area contributed by atoms with Crippen LogP contribution in [0.3, 0.4) is 0 Å². The predicted molar refractivity (Wildman–Crippen MR) is 73.2 cm³/mol. The largest absolute Gasteiger partial charge is 0.460 e. The van der Waals surface area contributed by atoms with Crippen LogP contribution in [0.1, 0.15) is 22.8 Å². The third-order valence-electron chi connectivity index (χ3n) is 2.63. The molecule has 0 unspecified atom stereocenters. The molecule has 106 valence electrons. The predicted octanol–water partition coefficient (Wildman–Crippen LogP) is 1.79. The van der Waals surface area contributed by atoms with Crippen LogP contribution in [-0.2, 0) is 14.2 Å². The number of nitrogens with two attached hydrogens (primary N) is 1.